The average molecular weight is 464 g/mol. The van der Waals surface area contributed by atoms with E-state index < -0.39 is 0 Å². The Hall–Kier alpha value is -1.13. The number of halogens is 1. The van der Waals surface area contributed by atoms with Gasteiger partial charge in [-0.1, -0.05) is 6.07 Å². The molecule has 126 valence electrons. The van der Waals surface area contributed by atoms with Crippen LogP contribution < -0.4 is 16.0 Å². The molecule has 23 heavy (non-hydrogen) atoms. The standard InChI is InChI=1S/C15H20N4OS2.HI/c1-16-15(19-10-12-5-9-21-11-12)18-7-3-6-17-14(20)13-4-2-8-22-13;/h2,4-5,8-9,11H,3,6-7,10H2,1H3,(H,17,20)(H2,16,18,19);1H. The largest absolute Gasteiger partial charge is 0.356 e. The second kappa shape index (κ2) is 11.4. The van der Waals surface area contributed by atoms with Crippen LogP contribution >= 0.6 is 46.7 Å². The third-order valence-corrected chi connectivity index (χ3v) is 4.54. The van der Waals surface area contributed by atoms with Gasteiger partial charge in [0.05, 0.1) is 4.88 Å². The molecule has 0 saturated heterocycles. The highest BCUT2D eigenvalue weighted by Gasteiger charge is 2.04. The predicted octanol–water partition coefficient (Wildman–Crippen LogP) is 2.91. The Morgan fingerprint density at radius 1 is 1.17 bits per heavy atom. The molecule has 1 amide bonds. The summed E-state index contributed by atoms with van der Waals surface area (Å²) < 4.78 is 0. The highest BCUT2D eigenvalue weighted by atomic mass is 127. The highest BCUT2D eigenvalue weighted by molar-refractivity contribution is 14.0. The lowest BCUT2D eigenvalue weighted by atomic mass is 10.3. The Labute approximate surface area is 161 Å². The summed E-state index contributed by atoms with van der Waals surface area (Å²) in [5.74, 6) is 0.769. The Morgan fingerprint density at radius 2 is 2.00 bits per heavy atom. The first kappa shape index (κ1) is 19.9. The van der Waals surface area contributed by atoms with Crippen molar-refractivity contribution >= 4 is 58.5 Å². The van der Waals surface area contributed by atoms with Gasteiger partial charge in [0.2, 0.25) is 0 Å². The lowest BCUT2D eigenvalue weighted by Gasteiger charge is -2.11. The molecule has 0 saturated carbocycles. The number of hydrogen-bond donors (Lipinski definition) is 3. The maximum absolute atomic E-state index is 11.7. The molecule has 0 fully saturated rings. The van der Waals surface area contributed by atoms with Crippen LogP contribution in [0.4, 0.5) is 0 Å². The van der Waals surface area contributed by atoms with Gasteiger partial charge in [0.25, 0.3) is 5.91 Å². The van der Waals surface area contributed by atoms with Gasteiger partial charge in [-0.25, -0.2) is 0 Å². The van der Waals surface area contributed by atoms with Crippen molar-refractivity contribution in [3.8, 4) is 0 Å². The lowest BCUT2D eigenvalue weighted by molar-refractivity contribution is 0.0957. The van der Waals surface area contributed by atoms with E-state index in [-0.39, 0.29) is 29.9 Å². The van der Waals surface area contributed by atoms with Gasteiger partial charge in [0.15, 0.2) is 5.96 Å². The quantitative estimate of drug-likeness (QED) is 0.256. The monoisotopic (exact) mass is 464 g/mol. The average Bonchev–Trinajstić information content (AvgIpc) is 3.23. The molecule has 2 aromatic rings. The molecule has 0 radical (unpaired) electrons. The Kier molecular flexibility index (Phi) is 9.88. The van der Waals surface area contributed by atoms with Crippen LogP contribution in [0.1, 0.15) is 21.7 Å². The zero-order valence-electron chi connectivity index (χ0n) is 12.9. The van der Waals surface area contributed by atoms with Gasteiger partial charge < -0.3 is 16.0 Å². The summed E-state index contributed by atoms with van der Waals surface area (Å²) >= 11 is 3.14. The zero-order chi connectivity index (χ0) is 15.6. The predicted molar refractivity (Wildman–Crippen MR) is 109 cm³/mol. The fourth-order valence-corrected chi connectivity index (χ4v) is 3.10. The van der Waals surface area contributed by atoms with Crippen LogP contribution in [-0.4, -0.2) is 32.0 Å². The molecule has 0 aliphatic heterocycles. The molecular weight excluding hydrogens is 443 g/mol. The number of amides is 1. The first-order valence-corrected chi connectivity index (χ1v) is 8.89. The van der Waals surface area contributed by atoms with E-state index in [0.29, 0.717) is 6.54 Å². The number of thiophene rings is 2. The number of aliphatic imine (C=N–C) groups is 1. The smallest absolute Gasteiger partial charge is 0.261 e. The fraction of sp³-hybridized carbons (Fsp3) is 0.333. The third kappa shape index (κ3) is 7.32. The minimum absolute atomic E-state index is 0. The minimum atomic E-state index is -0.00466. The summed E-state index contributed by atoms with van der Waals surface area (Å²) in [6, 6.07) is 5.80. The van der Waals surface area contributed by atoms with Crippen molar-refractivity contribution in [3.63, 3.8) is 0 Å². The van der Waals surface area contributed by atoms with Crippen LogP contribution in [0.15, 0.2) is 39.3 Å². The summed E-state index contributed by atoms with van der Waals surface area (Å²) in [7, 11) is 1.75. The molecule has 5 nitrogen and oxygen atoms in total. The van der Waals surface area contributed by atoms with Crippen LogP contribution in [0.25, 0.3) is 0 Å². The number of rotatable bonds is 7. The molecule has 0 spiro atoms. The van der Waals surface area contributed by atoms with E-state index in [1.165, 1.54) is 16.9 Å². The maximum Gasteiger partial charge on any atom is 0.261 e. The topological polar surface area (TPSA) is 65.5 Å². The second-order valence-corrected chi connectivity index (χ2v) is 6.30. The van der Waals surface area contributed by atoms with Crippen molar-refractivity contribution < 1.29 is 4.79 Å². The van der Waals surface area contributed by atoms with Crippen LogP contribution in [-0.2, 0) is 6.54 Å². The normalized spacial score (nSPS) is 10.7. The van der Waals surface area contributed by atoms with E-state index in [9.17, 15) is 4.79 Å². The van der Waals surface area contributed by atoms with E-state index in [2.05, 4.69) is 37.8 Å². The van der Waals surface area contributed by atoms with Crippen molar-refractivity contribution in [2.24, 2.45) is 4.99 Å². The van der Waals surface area contributed by atoms with Crippen molar-refractivity contribution in [2.75, 3.05) is 20.1 Å². The van der Waals surface area contributed by atoms with Crippen molar-refractivity contribution in [1.82, 2.24) is 16.0 Å². The Balaban J connectivity index is 0.00000264. The summed E-state index contributed by atoms with van der Waals surface area (Å²) in [5.41, 5.74) is 1.25. The molecule has 0 aliphatic carbocycles. The van der Waals surface area contributed by atoms with Gasteiger partial charge in [-0.05, 0) is 40.3 Å². The molecule has 2 rings (SSSR count). The van der Waals surface area contributed by atoms with Gasteiger partial charge >= 0.3 is 0 Å². The molecule has 2 aromatic heterocycles. The molecule has 0 unspecified atom stereocenters. The first-order chi connectivity index (χ1) is 10.8. The SMILES string of the molecule is CN=C(NCCCNC(=O)c1cccs1)NCc1ccsc1.I. The van der Waals surface area contributed by atoms with Gasteiger partial charge in [-0.2, -0.15) is 11.3 Å². The fourth-order valence-electron chi connectivity index (χ4n) is 1.79. The van der Waals surface area contributed by atoms with Gasteiger partial charge in [0, 0.05) is 26.7 Å². The van der Waals surface area contributed by atoms with Crippen molar-refractivity contribution in [1.29, 1.82) is 0 Å². The summed E-state index contributed by atoms with van der Waals surface area (Å²) in [5, 5.41) is 15.5. The van der Waals surface area contributed by atoms with E-state index >= 15 is 0 Å². The van der Waals surface area contributed by atoms with E-state index in [4.69, 9.17) is 0 Å². The zero-order valence-corrected chi connectivity index (χ0v) is 16.8. The number of carbonyl (C=O) groups is 1. The molecule has 0 aliphatic rings. The van der Waals surface area contributed by atoms with E-state index in [0.717, 1.165) is 30.3 Å². The van der Waals surface area contributed by atoms with E-state index in [1.807, 2.05) is 17.5 Å². The van der Waals surface area contributed by atoms with Crippen LogP contribution in [0.3, 0.4) is 0 Å². The van der Waals surface area contributed by atoms with Crippen LogP contribution in [0.5, 0.6) is 0 Å². The number of guanidine groups is 1. The first-order valence-electron chi connectivity index (χ1n) is 7.07. The number of carbonyl (C=O) groups excluding carboxylic acids is 1. The minimum Gasteiger partial charge on any atom is -0.356 e. The molecule has 3 N–H and O–H groups in total. The summed E-state index contributed by atoms with van der Waals surface area (Å²) in [6.45, 7) is 2.16. The lowest BCUT2D eigenvalue weighted by Crippen LogP contribution is -2.38. The van der Waals surface area contributed by atoms with E-state index in [1.54, 1.807) is 18.4 Å². The molecular formula is C15H21IN4OS2. The molecule has 2 heterocycles. The second-order valence-electron chi connectivity index (χ2n) is 4.57. The van der Waals surface area contributed by atoms with Crippen LogP contribution in [0.2, 0.25) is 0 Å². The Bertz CT molecular complexity index is 585. The van der Waals surface area contributed by atoms with Gasteiger partial charge in [-0.15, -0.1) is 35.3 Å². The van der Waals surface area contributed by atoms with Gasteiger partial charge in [0.1, 0.15) is 0 Å². The summed E-state index contributed by atoms with van der Waals surface area (Å²) in [6.07, 6.45) is 0.844. The van der Waals surface area contributed by atoms with Crippen LogP contribution in [0, 0.1) is 0 Å². The molecule has 0 aromatic carbocycles. The molecule has 0 bridgehead atoms. The van der Waals surface area contributed by atoms with Crippen molar-refractivity contribution in [2.45, 2.75) is 13.0 Å². The molecule has 0 atom stereocenters. The summed E-state index contributed by atoms with van der Waals surface area (Å²) in [4.78, 5) is 16.7. The van der Waals surface area contributed by atoms with Crippen molar-refractivity contribution in [3.05, 3.63) is 44.8 Å². The number of nitrogens with one attached hydrogen (secondary N) is 3. The molecule has 8 heteroatoms. The van der Waals surface area contributed by atoms with Gasteiger partial charge in [-0.3, -0.25) is 9.79 Å². The maximum atomic E-state index is 11.7. The number of hydrogen-bond acceptors (Lipinski definition) is 4. The third-order valence-electron chi connectivity index (χ3n) is 2.94. The Morgan fingerprint density at radius 3 is 2.65 bits per heavy atom. The number of nitrogens with zero attached hydrogens (tertiary/aromatic N) is 1. The highest BCUT2D eigenvalue weighted by Crippen LogP contribution is 2.07.